The lowest BCUT2D eigenvalue weighted by Gasteiger charge is -2.09. The minimum atomic E-state index is -0.738. The summed E-state index contributed by atoms with van der Waals surface area (Å²) in [6.07, 6.45) is 1.50. The molecule has 0 N–H and O–H groups in total. The molecule has 0 atom stereocenters. The zero-order valence-electron chi connectivity index (χ0n) is 11.5. The van der Waals surface area contributed by atoms with Crippen LogP contribution in [0.15, 0.2) is 36.4 Å². The van der Waals surface area contributed by atoms with Gasteiger partial charge in [-0.1, -0.05) is 26.0 Å². The molecule has 2 rings (SSSR count). The van der Waals surface area contributed by atoms with Crippen LogP contribution in [-0.4, -0.2) is 5.78 Å². The van der Waals surface area contributed by atoms with Gasteiger partial charge in [0.15, 0.2) is 5.78 Å². The summed E-state index contributed by atoms with van der Waals surface area (Å²) in [6.45, 7) is 3.95. The molecule has 104 valence electrons. The van der Waals surface area contributed by atoms with Crippen molar-refractivity contribution in [2.45, 2.75) is 26.7 Å². The van der Waals surface area contributed by atoms with Crippen LogP contribution in [-0.2, 0) is 12.8 Å². The first-order valence-corrected chi connectivity index (χ1v) is 6.67. The number of benzene rings is 2. The Morgan fingerprint density at radius 3 is 2.15 bits per heavy atom. The van der Waals surface area contributed by atoms with E-state index in [2.05, 4.69) is 0 Å². The molecule has 0 aliphatic carbocycles. The molecule has 0 aliphatic heterocycles. The molecule has 0 amide bonds. The van der Waals surface area contributed by atoms with Crippen molar-refractivity contribution < 1.29 is 13.6 Å². The van der Waals surface area contributed by atoms with E-state index in [1.54, 1.807) is 0 Å². The maximum atomic E-state index is 13.2. The second-order valence-electron chi connectivity index (χ2n) is 4.69. The van der Waals surface area contributed by atoms with E-state index in [-0.39, 0.29) is 11.3 Å². The SMILES string of the molecule is CCc1ccc(CC)c(C(=O)c2cc(F)cc(F)c2)c1. The Bertz CT molecular complexity index is 627. The highest BCUT2D eigenvalue weighted by molar-refractivity contribution is 6.10. The number of carbonyl (C=O) groups excluding carboxylic acids is 1. The molecule has 0 saturated heterocycles. The van der Waals surface area contributed by atoms with Gasteiger partial charge in [0.2, 0.25) is 0 Å². The molecular formula is C17H16F2O. The molecule has 0 fully saturated rings. The van der Waals surface area contributed by atoms with Crippen LogP contribution in [0.4, 0.5) is 8.78 Å². The van der Waals surface area contributed by atoms with Gasteiger partial charge in [0.25, 0.3) is 0 Å². The van der Waals surface area contributed by atoms with Crippen LogP contribution in [0.2, 0.25) is 0 Å². The first-order valence-electron chi connectivity index (χ1n) is 6.67. The number of carbonyl (C=O) groups is 1. The second-order valence-corrected chi connectivity index (χ2v) is 4.69. The van der Waals surface area contributed by atoms with Crippen LogP contribution in [0, 0.1) is 11.6 Å². The van der Waals surface area contributed by atoms with Gasteiger partial charge in [-0.25, -0.2) is 8.78 Å². The van der Waals surface area contributed by atoms with Gasteiger partial charge in [-0.2, -0.15) is 0 Å². The molecule has 0 spiro atoms. The van der Waals surface area contributed by atoms with E-state index >= 15 is 0 Å². The van der Waals surface area contributed by atoms with Gasteiger partial charge in [-0.15, -0.1) is 0 Å². The average Bonchev–Trinajstić information content (AvgIpc) is 2.44. The molecule has 1 nitrogen and oxygen atoms in total. The summed E-state index contributed by atoms with van der Waals surface area (Å²) >= 11 is 0. The zero-order valence-corrected chi connectivity index (χ0v) is 11.5. The summed E-state index contributed by atoms with van der Waals surface area (Å²) in [5.74, 6) is -1.81. The summed E-state index contributed by atoms with van der Waals surface area (Å²) in [5, 5.41) is 0. The van der Waals surface area contributed by atoms with Crippen LogP contribution in [0.5, 0.6) is 0 Å². The molecule has 3 heteroatoms. The highest BCUT2D eigenvalue weighted by Gasteiger charge is 2.15. The third-order valence-corrected chi connectivity index (χ3v) is 3.33. The standard InChI is InChI=1S/C17H16F2O/c1-3-11-5-6-12(4-2)16(7-11)17(20)13-8-14(18)10-15(19)9-13/h5-10H,3-4H2,1-2H3. The van der Waals surface area contributed by atoms with Crippen molar-refractivity contribution >= 4 is 5.78 Å². The normalized spacial score (nSPS) is 10.6. The van der Waals surface area contributed by atoms with E-state index in [4.69, 9.17) is 0 Å². The van der Waals surface area contributed by atoms with Crippen LogP contribution in [0.3, 0.4) is 0 Å². The lowest BCUT2D eigenvalue weighted by Crippen LogP contribution is -2.07. The molecule has 20 heavy (non-hydrogen) atoms. The van der Waals surface area contributed by atoms with E-state index in [0.29, 0.717) is 12.0 Å². The zero-order chi connectivity index (χ0) is 14.7. The van der Waals surface area contributed by atoms with E-state index < -0.39 is 11.6 Å². The van der Waals surface area contributed by atoms with Gasteiger partial charge in [-0.05, 0) is 42.2 Å². The van der Waals surface area contributed by atoms with Gasteiger partial charge in [0.1, 0.15) is 11.6 Å². The fourth-order valence-corrected chi connectivity index (χ4v) is 2.20. The van der Waals surface area contributed by atoms with Crippen molar-refractivity contribution in [1.82, 2.24) is 0 Å². The predicted molar refractivity (Wildman–Crippen MR) is 75.0 cm³/mol. The maximum Gasteiger partial charge on any atom is 0.193 e. The number of ketones is 1. The Kier molecular flexibility index (Phi) is 4.28. The minimum Gasteiger partial charge on any atom is -0.289 e. The predicted octanol–water partition coefficient (Wildman–Crippen LogP) is 4.32. The summed E-state index contributed by atoms with van der Waals surface area (Å²) in [7, 11) is 0. The average molecular weight is 274 g/mol. The quantitative estimate of drug-likeness (QED) is 0.759. The fourth-order valence-electron chi connectivity index (χ4n) is 2.20. The van der Waals surface area contributed by atoms with Gasteiger partial charge in [0, 0.05) is 17.2 Å². The van der Waals surface area contributed by atoms with E-state index in [1.807, 2.05) is 32.0 Å². The fraction of sp³-hybridized carbons (Fsp3) is 0.235. The van der Waals surface area contributed by atoms with E-state index in [1.165, 1.54) is 0 Å². The molecule has 2 aromatic carbocycles. The van der Waals surface area contributed by atoms with Gasteiger partial charge in [-0.3, -0.25) is 4.79 Å². The number of aryl methyl sites for hydroxylation is 2. The second kappa shape index (κ2) is 5.95. The Morgan fingerprint density at radius 2 is 1.60 bits per heavy atom. The van der Waals surface area contributed by atoms with Crippen LogP contribution in [0.1, 0.15) is 40.9 Å². The number of hydrogen-bond acceptors (Lipinski definition) is 1. The van der Waals surface area contributed by atoms with E-state index in [9.17, 15) is 13.6 Å². The number of halogens is 2. The molecule has 0 aromatic heterocycles. The molecular weight excluding hydrogens is 258 g/mol. The highest BCUT2D eigenvalue weighted by Crippen LogP contribution is 2.19. The summed E-state index contributed by atoms with van der Waals surface area (Å²) in [4.78, 5) is 12.5. The largest absolute Gasteiger partial charge is 0.289 e. The molecule has 0 heterocycles. The van der Waals surface area contributed by atoms with Gasteiger partial charge >= 0.3 is 0 Å². The van der Waals surface area contributed by atoms with Crippen LogP contribution in [0.25, 0.3) is 0 Å². The third kappa shape index (κ3) is 2.93. The highest BCUT2D eigenvalue weighted by atomic mass is 19.1. The third-order valence-electron chi connectivity index (χ3n) is 3.33. The van der Waals surface area contributed by atoms with Gasteiger partial charge < -0.3 is 0 Å². The summed E-state index contributed by atoms with van der Waals surface area (Å²) in [5.41, 5.74) is 2.49. The van der Waals surface area contributed by atoms with Crippen molar-refractivity contribution in [3.05, 3.63) is 70.3 Å². The maximum absolute atomic E-state index is 13.2. The topological polar surface area (TPSA) is 17.1 Å². The molecule has 2 aromatic rings. The Labute approximate surface area is 117 Å². The van der Waals surface area contributed by atoms with Crippen LogP contribution >= 0.6 is 0 Å². The summed E-state index contributed by atoms with van der Waals surface area (Å²) < 4.78 is 26.5. The Morgan fingerprint density at radius 1 is 0.950 bits per heavy atom. The summed E-state index contributed by atoms with van der Waals surface area (Å²) in [6, 6.07) is 8.60. The smallest absolute Gasteiger partial charge is 0.193 e. The molecule has 0 unspecified atom stereocenters. The van der Waals surface area contributed by atoms with E-state index in [0.717, 1.165) is 35.7 Å². The minimum absolute atomic E-state index is 0.0467. The van der Waals surface area contributed by atoms with Crippen LogP contribution < -0.4 is 0 Å². The molecule has 0 bridgehead atoms. The van der Waals surface area contributed by atoms with Crippen molar-refractivity contribution in [1.29, 1.82) is 0 Å². The molecule has 0 saturated carbocycles. The van der Waals surface area contributed by atoms with Crippen molar-refractivity contribution in [3.8, 4) is 0 Å². The first-order chi connectivity index (χ1) is 9.55. The van der Waals surface area contributed by atoms with Crippen molar-refractivity contribution in [2.24, 2.45) is 0 Å². The lowest BCUT2D eigenvalue weighted by molar-refractivity contribution is 0.103. The molecule has 0 radical (unpaired) electrons. The van der Waals surface area contributed by atoms with Crippen molar-refractivity contribution in [2.75, 3.05) is 0 Å². The number of hydrogen-bond donors (Lipinski definition) is 0. The Hall–Kier alpha value is -2.03. The monoisotopic (exact) mass is 274 g/mol. The first kappa shape index (κ1) is 14.4. The number of rotatable bonds is 4. The Balaban J connectivity index is 2.51. The van der Waals surface area contributed by atoms with Gasteiger partial charge in [0.05, 0.1) is 0 Å². The molecule has 0 aliphatic rings. The lowest BCUT2D eigenvalue weighted by atomic mass is 9.94. The van der Waals surface area contributed by atoms with Crippen molar-refractivity contribution in [3.63, 3.8) is 0 Å².